The number of thiophene rings is 2. The molecule has 0 aliphatic rings. The van der Waals surface area contributed by atoms with Crippen LogP contribution in [0.15, 0.2) is 72.8 Å². The molecule has 2 aromatic carbocycles. The minimum atomic E-state index is -1.33. The Morgan fingerprint density at radius 3 is 1.40 bits per heavy atom. The SMILES string of the molecule is CCCOc1cc(-c2ccccc2)c(C(CC)C(=O)[O][Al][O]C(=O)C(CC)c2sc(OCCC)cc2-c2ccccc2)s1. The summed E-state index contributed by atoms with van der Waals surface area (Å²) in [6.07, 6.45) is 2.89. The maximum atomic E-state index is 13.4. The lowest BCUT2D eigenvalue weighted by Gasteiger charge is -2.18. The minimum absolute atomic E-state index is 0.393. The quantitative estimate of drug-likeness (QED) is 0.115. The summed E-state index contributed by atoms with van der Waals surface area (Å²) in [5, 5.41) is 1.55. The Kier molecular flexibility index (Phi) is 12.7. The highest BCUT2D eigenvalue weighted by Gasteiger charge is 2.31. The molecule has 0 saturated carbocycles. The van der Waals surface area contributed by atoms with Crippen molar-refractivity contribution >= 4 is 50.5 Å². The second-order valence-electron chi connectivity index (χ2n) is 10.0. The van der Waals surface area contributed by atoms with Gasteiger partial charge in [0.15, 0.2) is 10.1 Å². The van der Waals surface area contributed by atoms with E-state index in [1.54, 1.807) is 0 Å². The van der Waals surface area contributed by atoms with Gasteiger partial charge in [-0.05, 0) is 48.9 Å². The smallest absolute Gasteiger partial charge is 0.589 e. The summed E-state index contributed by atoms with van der Waals surface area (Å²) in [7, 11) is 0. The summed E-state index contributed by atoms with van der Waals surface area (Å²) in [6, 6.07) is 24.0. The Bertz CT molecular complexity index is 1340. The Balaban J connectivity index is 1.48. The Morgan fingerprint density at radius 1 is 0.651 bits per heavy atom. The third-order valence-electron chi connectivity index (χ3n) is 6.89. The van der Waals surface area contributed by atoms with Gasteiger partial charge >= 0.3 is 15.9 Å². The monoisotopic (exact) mass is 633 g/mol. The van der Waals surface area contributed by atoms with Crippen molar-refractivity contribution in [1.29, 1.82) is 0 Å². The summed E-state index contributed by atoms with van der Waals surface area (Å²) >= 11 is 1.63. The molecule has 4 rings (SSSR count). The van der Waals surface area contributed by atoms with Gasteiger partial charge < -0.3 is 17.1 Å². The fraction of sp³-hybridized carbons (Fsp3) is 0.353. The van der Waals surface area contributed by atoms with Crippen molar-refractivity contribution in [1.82, 2.24) is 0 Å². The number of carbonyl (C=O) groups excluding carboxylic acids is 2. The molecule has 6 nitrogen and oxygen atoms in total. The fourth-order valence-corrected chi connectivity index (χ4v) is 7.74. The van der Waals surface area contributed by atoms with Crippen LogP contribution in [0.5, 0.6) is 10.1 Å². The van der Waals surface area contributed by atoms with Gasteiger partial charge in [-0.2, -0.15) is 0 Å². The molecular weight excluding hydrogens is 595 g/mol. The van der Waals surface area contributed by atoms with Crippen LogP contribution in [-0.2, 0) is 17.2 Å². The van der Waals surface area contributed by atoms with Crippen molar-refractivity contribution in [3.05, 3.63) is 82.6 Å². The second-order valence-corrected chi connectivity index (χ2v) is 12.8. The van der Waals surface area contributed by atoms with E-state index in [2.05, 4.69) is 13.8 Å². The summed E-state index contributed by atoms with van der Waals surface area (Å²) in [5.41, 5.74) is 3.96. The van der Waals surface area contributed by atoms with Crippen molar-refractivity contribution in [3.8, 4) is 32.4 Å². The third kappa shape index (κ3) is 8.51. The molecule has 0 amide bonds. The van der Waals surface area contributed by atoms with Gasteiger partial charge in [-0.15, -0.1) is 22.7 Å². The molecule has 2 aromatic heterocycles. The van der Waals surface area contributed by atoms with E-state index in [-0.39, 0.29) is 0 Å². The van der Waals surface area contributed by atoms with Crippen LogP contribution in [0, 0.1) is 0 Å². The lowest BCUT2D eigenvalue weighted by Crippen LogP contribution is -2.23. The van der Waals surface area contributed by atoms with E-state index >= 15 is 0 Å². The van der Waals surface area contributed by atoms with Gasteiger partial charge in [0.05, 0.1) is 25.0 Å². The van der Waals surface area contributed by atoms with Crippen LogP contribution in [-0.4, -0.2) is 41.0 Å². The zero-order valence-corrected chi connectivity index (χ0v) is 28.0. The average molecular weight is 634 g/mol. The first-order valence-electron chi connectivity index (χ1n) is 14.9. The lowest BCUT2D eigenvalue weighted by atomic mass is 9.97. The predicted molar refractivity (Wildman–Crippen MR) is 175 cm³/mol. The molecule has 1 radical (unpaired) electrons. The topological polar surface area (TPSA) is 71.1 Å². The minimum Gasteiger partial charge on any atom is -0.589 e. The third-order valence-corrected chi connectivity index (χ3v) is 9.87. The molecule has 0 bridgehead atoms. The van der Waals surface area contributed by atoms with Crippen LogP contribution in [0.2, 0.25) is 0 Å². The molecule has 2 atom stereocenters. The maximum Gasteiger partial charge on any atom is 0.885 e. The van der Waals surface area contributed by atoms with E-state index in [1.807, 2.05) is 86.6 Å². The van der Waals surface area contributed by atoms with Crippen molar-refractivity contribution < 1.29 is 26.6 Å². The van der Waals surface area contributed by atoms with Crippen molar-refractivity contribution in [2.75, 3.05) is 13.2 Å². The molecule has 4 aromatic rings. The number of rotatable bonds is 16. The maximum absolute atomic E-state index is 13.4. The zero-order chi connectivity index (χ0) is 30.6. The summed E-state index contributed by atoms with van der Waals surface area (Å²) in [4.78, 5) is 28.5. The predicted octanol–water partition coefficient (Wildman–Crippen LogP) is 9.03. The molecule has 225 valence electrons. The van der Waals surface area contributed by atoms with Crippen LogP contribution in [0.25, 0.3) is 22.3 Å². The van der Waals surface area contributed by atoms with E-state index in [1.165, 1.54) is 22.7 Å². The van der Waals surface area contributed by atoms with Crippen LogP contribution in [0.4, 0.5) is 0 Å². The van der Waals surface area contributed by atoms with Crippen molar-refractivity contribution in [2.45, 2.75) is 65.2 Å². The number of hydrogen-bond donors (Lipinski definition) is 0. The Labute approximate surface area is 269 Å². The molecule has 2 heterocycles. The summed E-state index contributed by atoms with van der Waals surface area (Å²) in [6.45, 7) is 9.26. The Morgan fingerprint density at radius 2 is 1.05 bits per heavy atom. The van der Waals surface area contributed by atoms with Crippen molar-refractivity contribution in [2.24, 2.45) is 0 Å². The Hall–Kier alpha value is -3.09. The van der Waals surface area contributed by atoms with E-state index in [9.17, 15) is 9.59 Å². The van der Waals surface area contributed by atoms with Gasteiger partial charge in [0.2, 0.25) is 0 Å². The van der Waals surface area contributed by atoms with Crippen LogP contribution in [0.1, 0.15) is 75.0 Å². The highest BCUT2D eigenvalue weighted by molar-refractivity contribution is 7.15. The van der Waals surface area contributed by atoms with Crippen LogP contribution >= 0.6 is 22.7 Å². The number of benzene rings is 2. The number of ether oxygens (including phenoxy) is 2. The van der Waals surface area contributed by atoms with E-state index < -0.39 is 39.7 Å². The van der Waals surface area contributed by atoms with Crippen molar-refractivity contribution in [3.63, 3.8) is 0 Å². The first-order valence-corrected chi connectivity index (χ1v) is 17.4. The fourth-order valence-electron chi connectivity index (χ4n) is 4.72. The second kappa shape index (κ2) is 16.7. The molecule has 9 heteroatoms. The van der Waals surface area contributed by atoms with E-state index in [4.69, 9.17) is 17.1 Å². The average Bonchev–Trinajstić information content (AvgIpc) is 3.65. The van der Waals surface area contributed by atoms with Gasteiger partial charge in [0.1, 0.15) is 0 Å². The largest absolute Gasteiger partial charge is 0.885 e. The normalized spacial score (nSPS) is 12.3. The molecule has 0 N–H and O–H groups in total. The van der Waals surface area contributed by atoms with Gasteiger partial charge in [0.25, 0.3) is 11.9 Å². The molecular formula is C34H38AlO6S2. The lowest BCUT2D eigenvalue weighted by molar-refractivity contribution is -0.141. The van der Waals surface area contributed by atoms with Gasteiger partial charge in [-0.1, -0.05) is 88.4 Å². The number of hydrogen-bond acceptors (Lipinski definition) is 8. The van der Waals surface area contributed by atoms with E-state index in [0.29, 0.717) is 26.1 Å². The molecule has 0 spiro atoms. The van der Waals surface area contributed by atoms with Crippen LogP contribution in [0.3, 0.4) is 0 Å². The summed E-state index contributed by atoms with van der Waals surface area (Å²) < 4.78 is 23.2. The van der Waals surface area contributed by atoms with Gasteiger partial charge in [-0.25, -0.2) is 0 Å². The van der Waals surface area contributed by atoms with Crippen LogP contribution < -0.4 is 9.47 Å². The van der Waals surface area contributed by atoms with Gasteiger partial charge in [-0.3, -0.25) is 9.59 Å². The molecule has 0 aliphatic carbocycles. The molecule has 0 fully saturated rings. The highest BCUT2D eigenvalue weighted by Crippen LogP contribution is 2.43. The molecule has 2 unspecified atom stereocenters. The first-order chi connectivity index (χ1) is 21.0. The van der Waals surface area contributed by atoms with Gasteiger partial charge in [0, 0.05) is 20.9 Å². The highest BCUT2D eigenvalue weighted by atomic mass is 32.1. The number of carbonyl (C=O) groups is 2. The van der Waals surface area contributed by atoms with E-state index in [0.717, 1.165) is 55.0 Å². The zero-order valence-electron chi connectivity index (χ0n) is 25.2. The first kappa shape index (κ1) is 32.8. The molecule has 43 heavy (non-hydrogen) atoms. The molecule has 0 aliphatic heterocycles. The molecule has 0 saturated heterocycles. The standard InChI is InChI=1S/2C17H20O3S.Al/c2*1-3-10-20-15-11-14(12-8-6-5-7-9-12)16(21-15)13(4-2)17(18)19;/h2*5-9,11,13H,3-4,10H2,1-2H3,(H,18,19);/q;;+2/p-2. The summed E-state index contributed by atoms with van der Waals surface area (Å²) in [5.74, 6) is -1.77.